The number of likely N-dealkylation sites (N-methyl/N-ethyl adjacent to an activating group) is 2. The van der Waals surface area contributed by atoms with Crippen molar-refractivity contribution in [1.82, 2.24) is 15.1 Å². The molecule has 0 aromatic carbocycles. The molecule has 6 nitrogen and oxygen atoms in total. The molecule has 2 N–H and O–H groups in total. The Kier molecular flexibility index (Phi) is 6.01. The number of nitrogens with zero attached hydrogens (tertiary/aromatic N) is 2. The molecule has 0 aliphatic heterocycles. The molecule has 0 radical (unpaired) electrons. The van der Waals surface area contributed by atoms with E-state index in [1.54, 1.807) is 11.9 Å². The first kappa shape index (κ1) is 17.8. The van der Waals surface area contributed by atoms with Gasteiger partial charge in [0.05, 0.1) is 0 Å². The van der Waals surface area contributed by atoms with Gasteiger partial charge in [0.1, 0.15) is 6.04 Å². The minimum Gasteiger partial charge on any atom is -0.480 e. The monoisotopic (exact) mass is 299 g/mol. The van der Waals surface area contributed by atoms with Crippen molar-refractivity contribution in [3.63, 3.8) is 0 Å². The Morgan fingerprint density at radius 1 is 1.29 bits per heavy atom. The van der Waals surface area contributed by atoms with Crippen LogP contribution in [0, 0.1) is 5.92 Å². The molecule has 1 rings (SSSR count). The average Bonchev–Trinajstić information content (AvgIpc) is 2.37. The summed E-state index contributed by atoms with van der Waals surface area (Å²) in [7, 11) is 5.79. The summed E-state index contributed by atoms with van der Waals surface area (Å²) in [6.07, 6.45) is 4.04. The first-order valence-corrected chi connectivity index (χ1v) is 7.65. The second-order valence-corrected chi connectivity index (χ2v) is 6.48. The molecule has 1 aliphatic rings. The lowest BCUT2D eigenvalue weighted by molar-refractivity contribution is -0.140. The SMILES string of the molecule is CCC(C)[C@H](NC(=O)N(C)CC1(N(C)C)CCC1)C(=O)O. The van der Waals surface area contributed by atoms with Gasteiger partial charge in [0.15, 0.2) is 0 Å². The molecule has 0 bridgehead atoms. The highest BCUT2D eigenvalue weighted by atomic mass is 16.4. The summed E-state index contributed by atoms with van der Waals surface area (Å²) in [5.74, 6) is -1.07. The van der Waals surface area contributed by atoms with Crippen molar-refractivity contribution in [1.29, 1.82) is 0 Å². The Labute approximate surface area is 127 Å². The predicted octanol–water partition coefficient (Wildman–Crippen LogP) is 1.61. The largest absolute Gasteiger partial charge is 0.480 e. The van der Waals surface area contributed by atoms with Gasteiger partial charge >= 0.3 is 12.0 Å². The number of rotatable bonds is 7. The Morgan fingerprint density at radius 2 is 1.86 bits per heavy atom. The highest BCUT2D eigenvalue weighted by Crippen LogP contribution is 2.36. The highest BCUT2D eigenvalue weighted by molar-refractivity contribution is 5.82. The van der Waals surface area contributed by atoms with Crippen LogP contribution in [0.5, 0.6) is 0 Å². The first-order valence-electron chi connectivity index (χ1n) is 7.65. The van der Waals surface area contributed by atoms with Crippen molar-refractivity contribution in [2.75, 3.05) is 27.7 Å². The molecule has 2 atom stereocenters. The molecule has 0 aromatic rings. The van der Waals surface area contributed by atoms with Gasteiger partial charge in [0, 0.05) is 19.1 Å². The molecular weight excluding hydrogens is 270 g/mol. The quantitative estimate of drug-likeness (QED) is 0.749. The molecule has 0 saturated heterocycles. The topological polar surface area (TPSA) is 72.9 Å². The Balaban J connectivity index is 2.63. The summed E-state index contributed by atoms with van der Waals surface area (Å²) in [5, 5.41) is 11.9. The van der Waals surface area contributed by atoms with Crippen LogP contribution >= 0.6 is 0 Å². The molecule has 0 aromatic heterocycles. The van der Waals surface area contributed by atoms with Gasteiger partial charge in [-0.05, 0) is 39.3 Å². The summed E-state index contributed by atoms with van der Waals surface area (Å²) < 4.78 is 0. The number of amides is 2. The van der Waals surface area contributed by atoms with Crippen LogP contribution in [-0.4, -0.2) is 66.2 Å². The fourth-order valence-electron chi connectivity index (χ4n) is 2.77. The van der Waals surface area contributed by atoms with Crippen molar-refractivity contribution in [3.05, 3.63) is 0 Å². The van der Waals surface area contributed by atoms with Gasteiger partial charge in [-0.1, -0.05) is 20.3 Å². The van der Waals surface area contributed by atoms with Crippen LogP contribution in [0.2, 0.25) is 0 Å². The van der Waals surface area contributed by atoms with Gasteiger partial charge in [-0.3, -0.25) is 0 Å². The van der Waals surface area contributed by atoms with Gasteiger partial charge in [0.25, 0.3) is 0 Å². The molecular formula is C15H29N3O3. The highest BCUT2D eigenvalue weighted by Gasteiger charge is 2.41. The number of hydrogen-bond donors (Lipinski definition) is 2. The van der Waals surface area contributed by atoms with Crippen LogP contribution in [0.25, 0.3) is 0 Å². The van der Waals surface area contributed by atoms with E-state index >= 15 is 0 Å². The second-order valence-electron chi connectivity index (χ2n) is 6.48. The van der Waals surface area contributed by atoms with Gasteiger partial charge in [0.2, 0.25) is 0 Å². The number of carboxylic acids is 1. The predicted molar refractivity (Wildman–Crippen MR) is 82.3 cm³/mol. The number of aliphatic carboxylic acids is 1. The summed E-state index contributed by atoms with van der Waals surface area (Å²) in [5.41, 5.74) is 0.0428. The van der Waals surface area contributed by atoms with E-state index in [0.717, 1.165) is 12.8 Å². The minimum absolute atomic E-state index is 0.0428. The van der Waals surface area contributed by atoms with Crippen LogP contribution in [0.3, 0.4) is 0 Å². The zero-order chi connectivity index (χ0) is 16.2. The standard InChI is InChI=1S/C15H29N3O3/c1-6-11(2)12(13(19)20)16-14(21)18(5)10-15(17(3)4)8-7-9-15/h11-12H,6-10H2,1-5H3,(H,16,21)(H,19,20)/t11?,12-/m0/s1. The number of carbonyl (C=O) groups is 2. The fraction of sp³-hybridized carbons (Fsp3) is 0.867. The van der Waals surface area contributed by atoms with E-state index in [1.165, 1.54) is 6.42 Å². The third-order valence-corrected chi connectivity index (χ3v) is 4.87. The van der Waals surface area contributed by atoms with Crippen molar-refractivity contribution in [3.8, 4) is 0 Å². The van der Waals surface area contributed by atoms with E-state index in [2.05, 4.69) is 10.2 Å². The first-order chi connectivity index (χ1) is 9.73. The minimum atomic E-state index is -0.975. The third-order valence-electron chi connectivity index (χ3n) is 4.87. The summed E-state index contributed by atoms with van der Waals surface area (Å²) in [4.78, 5) is 27.3. The van der Waals surface area contributed by atoms with Crippen molar-refractivity contribution < 1.29 is 14.7 Å². The van der Waals surface area contributed by atoms with Gasteiger partial charge in [-0.2, -0.15) is 0 Å². The van der Waals surface area contributed by atoms with Gasteiger partial charge in [-0.25, -0.2) is 9.59 Å². The maximum atomic E-state index is 12.3. The van der Waals surface area contributed by atoms with Crippen LogP contribution in [-0.2, 0) is 4.79 Å². The normalized spacial score (nSPS) is 19.5. The number of carbonyl (C=O) groups excluding carboxylic acids is 1. The molecule has 21 heavy (non-hydrogen) atoms. The van der Waals surface area contributed by atoms with Crippen LogP contribution < -0.4 is 5.32 Å². The molecule has 1 aliphatic carbocycles. The molecule has 2 amide bonds. The summed E-state index contributed by atoms with van der Waals surface area (Å²) in [6, 6.07) is -1.14. The smallest absolute Gasteiger partial charge is 0.326 e. The van der Waals surface area contributed by atoms with Crippen molar-refractivity contribution in [2.45, 2.75) is 51.1 Å². The molecule has 1 saturated carbocycles. The molecule has 1 unspecified atom stereocenters. The van der Waals surface area contributed by atoms with Gasteiger partial charge < -0.3 is 20.2 Å². The summed E-state index contributed by atoms with van der Waals surface area (Å²) >= 11 is 0. The molecule has 1 fully saturated rings. The van der Waals surface area contributed by atoms with Crippen LogP contribution in [0.4, 0.5) is 4.79 Å². The van der Waals surface area contributed by atoms with Crippen molar-refractivity contribution in [2.24, 2.45) is 5.92 Å². The van der Waals surface area contributed by atoms with Crippen LogP contribution in [0.1, 0.15) is 39.5 Å². The average molecular weight is 299 g/mol. The van der Waals surface area contributed by atoms with E-state index in [1.807, 2.05) is 27.9 Å². The summed E-state index contributed by atoms with van der Waals surface area (Å²) in [6.45, 7) is 4.39. The zero-order valence-corrected chi connectivity index (χ0v) is 13.8. The molecule has 0 heterocycles. The maximum absolute atomic E-state index is 12.3. The van der Waals surface area contributed by atoms with Crippen molar-refractivity contribution >= 4 is 12.0 Å². The van der Waals surface area contributed by atoms with Crippen LogP contribution in [0.15, 0.2) is 0 Å². The zero-order valence-electron chi connectivity index (χ0n) is 13.8. The molecule has 6 heteroatoms. The lowest BCUT2D eigenvalue weighted by Gasteiger charge is -2.49. The Hall–Kier alpha value is -1.30. The number of carboxylic acid groups (broad SMARTS) is 1. The second kappa shape index (κ2) is 7.11. The molecule has 122 valence electrons. The lowest BCUT2D eigenvalue weighted by atomic mass is 9.75. The number of urea groups is 1. The van der Waals surface area contributed by atoms with E-state index < -0.39 is 12.0 Å². The van der Waals surface area contributed by atoms with E-state index in [9.17, 15) is 14.7 Å². The third kappa shape index (κ3) is 4.09. The Bertz CT molecular complexity index is 380. The van der Waals surface area contributed by atoms with E-state index in [4.69, 9.17) is 0 Å². The number of nitrogens with one attached hydrogen (secondary N) is 1. The maximum Gasteiger partial charge on any atom is 0.326 e. The fourth-order valence-corrected chi connectivity index (χ4v) is 2.77. The Morgan fingerprint density at radius 3 is 2.19 bits per heavy atom. The molecule has 0 spiro atoms. The van der Waals surface area contributed by atoms with E-state index in [-0.39, 0.29) is 17.5 Å². The van der Waals surface area contributed by atoms with E-state index in [0.29, 0.717) is 13.0 Å². The van der Waals surface area contributed by atoms with Gasteiger partial charge in [-0.15, -0.1) is 0 Å². The lowest BCUT2D eigenvalue weighted by Crippen LogP contribution is -2.59. The number of hydrogen-bond acceptors (Lipinski definition) is 3.